The Balaban J connectivity index is 2.36. The third-order valence-corrected chi connectivity index (χ3v) is 2.99. The fraction of sp³-hybridized carbons (Fsp3) is 0.188. The van der Waals surface area contributed by atoms with Crippen LogP contribution in [0.3, 0.4) is 0 Å². The van der Waals surface area contributed by atoms with Gasteiger partial charge in [0, 0.05) is 11.6 Å². The van der Waals surface area contributed by atoms with Crippen molar-refractivity contribution in [1.29, 1.82) is 5.26 Å². The molecule has 2 rings (SSSR count). The second-order valence-electron chi connectivity index (χ2n) is 4.67. The molecule has 0 amide bonds. The summed E-state index contributed by atoms with van der Waals surface area (Å²) in [7, 11) is 0. The summed E-state index contributed by atoms with van der Waals surface area (Å²) in [6, 6.07) is 11.5. The standard InChI is InChI=1S/C16H15FN2O/c1-10-7-16(14(11(2)19)8-15(10)17)20-13-5-3-12(9-18)4-6-13/h3-8,11H,19H2,1-2H3/t11-/m0/s1. The highest BCUT2D eigenvalue weighted by atomic mass is 19.1. The monoisotopic (exact) mass is 270 g/mol. The second-order valence-corrected chi connectivity index (χ2v) is 4.67. The number of hydrogen-bond donors (Lipinski definition) is 1. The molecule has 0 aromatic heterocycles. The van der Waals surface area contributed by atoms with Crippen LogP contribution in [-0.4, -0.2) is 0 Å². The molecule has 0 aliphatic carbocycles. The first kappa shape index (κ1) is 14.0. The first-order valence-electron chi connectivity index (χ1n) is 6.25. The van der Waals surface area contributed by atoms with Gasteiger partial charge < -0.3 is 10.5 Å². The molecule has 0 spiro atoms. The number of nitrogens with two attached hydrogens (primary N) is 1. The third kappa shape index (κ3) is 2.95. The van der Waals surface area contributed by atoms with Crippen molar-refractivity contribution >= 4 is 0 Å². The summed E-state index contributed by atoms with van der Waals surface area (Å²) in [5.74, 6) is 0.810. The molecule has 20 heavy (non-hydrogen) atoms. The van der Waals surface area contributed by atoms with Crippen molar-refractivity contribution in [2.45, 2.75) is 19.9 Å². The van der Waals surface area contributed by atoms with Gasteiger partial charge in [0.1, 0.15) is 17.3 Å². The van der Waals surface area contributed by atoms with Crippen molar-refractivity contribution in [1.82, 2.24) is 0 Å². The number of nitriles is 1. The molecule has 0 aliphatic rings. The zero-order valence-electron chi connectivity index (χ0n) is 11.4. The third-order valence-electron chi connectivity index (χ3n) is 2.99. The van der Waals surface area contributed by atoms with Gasteiger partial charge in [-0.25, -0.2) is 4.39 Å². The smallest absolute Gasteiger partial charge is 0.132 e. The van der Waals surface area contributed by atoms with Gasteiger partial charge in [-0.3, -0.25) is 0 Å². The van der Waals surface area contributed by atoms with E-state index >= 15 is 0 Å². The van der Waals surface area contributed by atoms with Crippen LogP contribution >= 0.6 is 0 Å². The zero-order valence-corrected chi connectivity index (χ0v) is 11.4. The van der Waals surface area contributed by atoms with Crippen LogP contribution < -0.4 is 10.5 Å². The average Bonchev–Trinajstić information content (AvgIpc) is 2.43. The Bertz CT molecular complexity index is 657. The Morgan fingerprint density at radius 3 is 2.45 bits per heavy atom. The molecule has 0 bridgehead atoms. The maximum absolute atomic E-state index is 13.6. The summed E-state index contributed by atoms with van der Waals surface area (Å²) >= 11 is 0. The summed E-state index contributed by atoms with van der Waals surface area (Å²) in [5, 5.41) is 8.75. The fourth-order valence-corrected chi connectivity index (χ4v) is 1.84. The molecule has 0 heterocycles. The van der Waals surface area contributed by atoms with Gasteiger partial charge in [-0.15, -0.1) is 0 Å². The van der Waals surface area contributed by atoms with Gasteiger partial charge in [-0.2, -0.15) is 5.26 Å². The molecule has 0 saturated heterocycles. The van der Waals surface area contributed by atoms with E-state index in [0.717, 1.165) is 0 Å². The maximum Gasteiger partial charge on any atom is 0.132 e. The van der Waals surface area contributed by atoms with Crippen LogP contribution in [0.25, 0.3) is 0 Å². The normalized spacial score (nSPS) is 11.8. The quantitative estimate of drug-likeness (QED) is 0.922. The molecule has 0 saturated carbocycles. The van der Waals surface area contributed by atoms with E-state index < -0.39 is 0 Å². The van der Waals surface area contributed by atoms with Crippen molar-refractivity contribution in [2.75, 3.05) is 0 Å². The lowest BCUT2D eigenvalue weighted by molar-refractivity contribution is 0.468. The molecule has 2 N–H and O–H groups in total. The van der Waals surface area contributed by atoms with Gasteiger partial charge in [0.15, 0.2) is 0 Å². The number of benzene rings is 2. The highest BCUT2D eigenvalue weighted by Gasteiger charge is 2.13. The van der Waals surface area contributed by atoms with Gasteiger partial charge in [-0.05, 0) is 55.8 Å². The van der Waals surface area contributed by atoms with Gasteiger partial charge in [-0.1, -0.05) is 0 Å². The second kappa shape index (κ2) is 5.72. The molecule has 2 aromatic carbocycles. The van der Waals surface area contributed by atoms with Gasteiger partial charge >= 0.3 is 0 Å². The Labute approximate surface area is 117 Å². The van der Waals surface area contributed by atoms with E-state index in [1.54, 1.807) is 44.2 Å². The SMILES string of the molecule is Cc1cc(Oc2ccc(C#N)cc2)c([C@H](C)N)cc1F. The summed E-state index contributed by atoms with van der Waals surface area (Å²) in [6.07, 6.45) is 0. The van der Waals surface area contributed by atoms with Gasteiger partial charge in [0.05, 0.1) is 11.6 Å². The lowest BCUT2D eigenvalue weighted by Gasteiger charge is -2.15. The number of aryl methyl sites for hydroxylation is 1. The van der Waals surface area contributed by atoms with Crippen molar-refractivity contribution in [3.05, 3.63) is 58.9 Å². The molecule has 1 atom stereocenters. The fourth-order valence-electron chi connectivity index (χ4n) is 1.84. The Morgan fingerprint density at radius 2 is 1.90 bits per heavy atom. The lowest BCUT2D eigenvalue weighted by Crippen LogP contribution is -2.08. The molecule has 4 heteroatoms. The Kier molecular flexibility index (Phi) is 4.02. The number of hydrogen-bond acceptors (Lipinski definition) is 3. The van der Waals surface area contributed by atoms with E-state index in [2.05, 4.69) is 0 Å². The number of ether oxygens (including phenoxy) is 1. The van der Waals surface area contributed by atoms with Crippen LogP contribution in [0.5, 0.6) is 11.5 Å². The van der Waals surface area contributed by atoms with Crippen molar-refractivity contribution in [2.24, 2.45) is 5.73 Å². The van der Waals surface area contributed by atoms with E-state index in [0.29, 0.717) is 28.2 Å². The zero-order chi connectivity index (χ0) is 14.7. The van der Waals surface area contributed by atoms with Crippen LogP contribution in [0.2, 0.25) is 0 Å². The highest BCUT2D eigenvalue weighted by Crippen LogP contribution is 2.31. The van der Waals surface area contributed by atoms with Gasteiger partial charge in [0.2, 0.25) is 0 Å². The number of halogens is 1. The minimum absolute atomic E-state index is 0.301. The van der Waals surface area contributed by atoms with E-state index in [9.17, 15) is 4.39 Å². The predicted molar refractivity (Wildman–Crippen MR) is 75.0 cm³/mol. The molecule has 3 nitrogen and oxygen atoms in total. The molecule has 0 radical (unpaired) electrons. The van der Waals surface area contributed by atoms with Crippen LogP contribution in [0, 0.1) is 24.1 Å². The van der Waals surface area contributed by atoms with Crippen LogP contribution in [0.4, 0.5) is 4.39 Å². The Hall–Kier alpha value is -2.38. The topological polar surface area (TPSA) is 59.0 Å². The lowest BCUT2D eigenvalue weighted by atomic mass is 10.0. The van der Waals surface area contributed by atoms with E-state index in [-0.39, 0.29) is 11.9 Å². The van der Waals surface area contributed by atoms with Crippen LogP contribution in [0.1, 0.15) is 29.7 Å². The molecule has 0 aliphatic heterocycles. The highest BCUT2D eigenvalue weighted by molar-refractivity contribution is 5.43. The summed E-state index contributed by atoms with van der Waals surface area (Å²) in [6.45, 7) is 3.45. The minimum atomic E-state index is -0.335. The molecular formula is C16H15FN2O. The molecular weight excluding hydrogens is 255 g/mol. The average molecular weight is 270 g/mol. The first-order chi connectivity index (χ1) is 9.51. The largest absolute Gasteiger partial charge is 0.457 e. The maximum atomic E-state index is 13.6. The molecule has 2 aromatic rings. The van der Waals surface area contributed by atoms with E-state index in [1.807, 2.05) is 6.07 Å². The summed E-state index contributed by atoms with van der Waals surface area (Å²) in [4.78, 5) is 0. The summed E-state index contributed by atoms with van der Waals surface area (Å²) in [5.41, 5.74) is 7.51. The van der Waals surface area contributed by atoms with Gasteiger partial charge in [0.25, 0.3) is 0 Å². The molecule has 0 unspecified atom stereocenters. The number of rotatable bonds is 3. The predicted octanol–water partition coefficient (Wildman–Crippen LogP) is 3.82. The van der Waals surface area contributed by atoms with Crippen molar-refractivity contribution in [3.8, 4) is 17.6 Å². The molecule has 0 fully saturated rings. The minimum Gasteiger partial charge on any atom is -0.457 e. The van der Waals surface area contributed by atoms with Crippen LogP contribution in [-0.2, 0) is 0 Å². The molecule has 102 valence electrons. The van der Waals surface area contributed by atoms with E-state index in [4.69, 9.17) is 15.7 Å². The summed E-state index contributed by atoms with van der Waals surface area (Å²) < 4.78 is 19.4. The van der Waals surface area contributed by atoms with Crippen LogP contribution in [0.15, 0.2) is 36.4 Å². The van der Waals surface area contributed by atoms with Crippen molar-refractivity contribution < 1.29 is 9.13 Å². The first-order valence-corrected chi connectivity index (χ1v) is 6.25. The van der Waals surface area contributed by atoms with Crippen molar-refractivity contribution in [3.63, 3.8) is 0 Å². The van der Waals surface area contributed by atoms with E-state index in [1.165, 1.54) is 6.07 Å². The Morgan fingerprint density at radius 1 is 1.25 bits per heavy atom. The number of nitrogens with zero attached hydrogens (tertiary/aromatic N) is 1.